The standard InChI is InChI=1S/C22H34ClNO3/c1-3-4-5-6-7-8-14-26-20-11-9-19(10-12-20)21-17-24(13-15-27-21)16-18(2)22(23)25/h9-12,18,21H,3-8,13-17H2,1-2H3. The third kappa shape index (κ3) is 8.20. The molecular weight excluding hydrogens is 362 g/mol. The summed E-state index contributed by atoms with van der Waals surface area (Å²) < 4.78 is 11.8. The average Bonchev–Trinajstić information content (AvgIpc) is 2.68. The van der Waals surface area contributed by atoms with Crippen LogP contribution in [0, 0.1) is 5.92 Å². The fourth-order valence-electron chi connectivity index (χ4n) is 3.38. The second-order valence-corrected chi connectivity index (χ2v) is 7.88. The molecule has 4 nitrogen and oxygen atoms in total. The zero-order valence-electron chi connectivity index (χ0n) is 16.8. The molecule has 0 bridgehead atoms. The molecule has 1 aliphatic rings. The zero-order valence-corrected chi connectivity index (χ0v) is 17.5. The van der Waals surface area contributed by atoms with E-state index in [2.05, 4.69) is 24.0 Å². The Bertz CT molecular complexity index is 549. The lowest BCUT2D eigenvalue weighted by molar-refractivity contribution is -0.116. The summed E-state index contributed by atoms with van der Waals surface area (Å²) >= 11 is 5.59. The molecule has 1 aromatic carbocycles. The van der Waals surface area contributed by atoms with Crippen LogP contribution in [0.3, 0.4) is 0 Å². The van der Waals surface area contributed by atoms with Gasteiger partial charge in [0.2, 0.25) is 5.24 Å². The summed E-state index contributed by atoms with van der Waals surface area (Å²) in [5.74, 6) is 0.768. The molecule has 0 aromatic heterocycles. The molecule has 27 heavy (non-hydrogen) atoms. The second-order valence-electron chi connectivity index (χ2n) is 7.51. The number of unbranched alkanes of at least 4 members (excludes halogenated alkanes) is 5. The van der Waals surface area contributed by atoms with E-state index in [4.69, 9.17) is 21.1 Å². The number of nitrogens with zero attached hydrogens (tertiary/aromatic N) is 1. The van der Waals surface area contributed by atoms with Gasteiger partial charge in [-0.1, -0.05) is 58.1 Å². The first-order valence-electron chi connectivity index (χ1n) is 10.4. The molecule has 0 amide bonds. The van der Waals surface area contributed by atoms with Crippen molar-refractivity contribution in [2.75, 3.05) is 32.8 Å². The van der Waals surface area contributed by atoms with Crippen LogP contribution < -0.4 is 4.74 Å². The van der Waals surface area contributed by atoms with Crippen molar-refractivity contribution in [3.63, 3.8) is 0 Å². The van der Waals surface area contributed by atoms with Crippen molar-refractivity contribution < 1.29 is 14.3 Å². The SMILES string of the molecule is CCCCCCCCOc1ccc(C2CN(CC(C)C(=O)Cl)CCO2)cc1. The number of hydrogen-bond donors (Lipinski definition) is 0. The molecule has 5 heteroatoms. The minimum absolute atomic E-state index is 0.0315. The zero-order chi connectivity index (χ0) is 19.5. The van der Waals surface area contributed by atoms with E-state index >= 15 is 0 Å². The van der Waals surface area contributed by atoms with Gasteiger partial charge in [0.05, 0.1) is 19.3 Å². The Hall–Kier alpha value is -1.10. The predicted octanol–water partition coefficient (Wildman–Crippen LogP) is 5.20. The van der Waals surface area contributed by atoms with Gasteiger partial charge in [-0.3, -0.25) is 9.69 Å². The van der Waals surface area contributed by atoms with E-state index < -0.39 is 0 Å². The molecule has 0 saturated carbocycles. The van der Waals surface area contributed by atoms with Crippen LogP contribution in [0.25, 0.3) is 0 Å². The third-order valence-corrected chi connectivity index (χ3v) is 5.46. The number of rotatable bonds is 12. The van der Waals surface area contributed by atoms with Gasteiger partial charge in [-0.2, -0.15) is 0 Å². The fourth-order valence-corrected chi connectivity index (χ4v) is 3.45. The largest absolute Gasteiger partial charge is 0.494 e. The van der Waals surface area contributed by atoms with Crippen LogP contribution in [0.1, 0.15) is 64.0 Å². The van der Waals surface area contributed by atoms with Gasteiger partial charge in [-0.05, 0) is 35.7 Å². The van der Waals surface area contributed by atoms with E-state index in [1.54, 1.807) is 0 Å². The molecule has 1 heterocycles. The highest BCUT2D eigenvalue weighted by molar-refractivity contribution is 6.63. The number of benzene rings is 1. The van der Waals surface area contributed by atoms with Crippen LogP contribution in [-0.2, 0) is 9.53 Å². The van der Waals surface area contributed by atoms with E-state index in [9.17, 15) is 4.79 Å². The molecule has 0 radical (unpaired) electrons. The van der Waals surface area contributed by atoms with E-state index in [0.717, 1.165) is 37.4 Å². The highest BCUT2D eigenvalue weighted by Gasteiger charge is 2.24. The monoisotopic (exact) mass is 395 g/mol. The molecule has 0 aliphatic carbocycles. The first-order chi connectivity index (χ1) is 13.1. The number of ether oxygens (including phenoxy) is 2. The van der Waals surface area contributed by atoms with Gasteiger partial charge in [0.15, 0.2) is 0 Å². The molecule has 1 aliphatic heterocycles. The predicted molar refractivity (Wildman–Crippen MR) is 110 cm³/mol. The number of halogens is 1. The first kappa shape index (κ1) is 22.2. The maximum atomic E-state index is 11.3. The molecule has 0 spiro atoms. The van der Waals surface area contributed by atoms with E-state index in [1.165, 1.54) is 32.1 Å². The quantitative estimate of drug-likeness (QED) is 0.360. The highest BCUT2D eigenvalue weighted by Crippen LogP contribution is 2.25. The van der Waals surface area contributed by atoms with Gasteiger partial charge < -0.3 is 9.47 Å². The second kappa shape index (κ2) is 12.4. The van der Waals surface area contributed by atoms with Crippen molar-refractivity contribution >= 4 is 16.8 Å². The van der Waals surface area contributed by atoms with Gasteiger partial charge in [0.25, 0.3) is 0 Å². The molecule has 2 unspecified atom stereocenters. The lowest BCUT2D eigenvalue weighted by Crippen LogP contribution is -2.41. The summed E-state index contributed by atoms with van der Waals surface area (Å²) in [7, 11) is 0. The van der Waals surface area contributed by atoms with Crippen molar-refractivity contribution in [2.45, 2.75) is 58.5 Å². The van der Waals surface area contributed by atoms with E-state index in [-0.39, 0.29) is 17.3 Å². The number of carbonyl (C=O) groups excluding carboxylic acids is 1. The van der Waals surface area contributed by atoms with Crippen molar-refractivity contribution in [3.05, 3.63) is 29.8 Å². The third-order valence-electron chi connectivity index (χ3n) is 5.09. The fraction of sp³-hybridized carbons (Fsp3) is 0.682. The molecular formula is C22H34ClNO3. The molecule has 0 N–H and O–H groups in total. The Labute approximate surface area is 169 Å². The van der Waals surface area contributed by atoms with Crippen molar-refractivity contribution in [3.8, 4) is 5.75 Å². The van der Waals surface area contributed by atoms with Gasteiger partial charge in [0.1, 0.15) is 5.75 Å². The molecule has 2 atom stereocenters. The summed E-state index contributed by atoms with van der Waals surface area (Å²) in [6, 6.07) is 8.22. The topological polar surface area (TPSA) is 38.8 Å². The van der Waals surface area contributed by atoms with E-state index in [0.29, 0.717) is 13.2 Å². The number of morpholine rings is 1. The van der Waals surface area contributed by atoms with Gasteiger partial charge >= 0.3 is 0 Å². The Morgan fingerprint density at radius 1 is 1.22 bits per heavy atom. The van der Waals surface area contributed by atoms with Crippen LogP contribution in [0.15, 0.2) is 24.3 Å². The summed E-state index contributed by atoms with van der Waals surface area (Å²) in [4.78, 5) is 13.5. The van der Waals surface area contributed by atoms with E-state index in [1.807, 2.05) is 19.1 Å². The Morgan fingerprint density at radius 3 is 2.63 bits per heavy atom. The lowest BCUT2D eigenvalue weighted by atomic mass is 10.1. The molecule has 2 rings (SSSR count). The minimum Gasteiger partial charge on any atom is -0.494 e. The van der Waals surface area contributed by atoms with Crippen LogP contribution in [-0.4, -0.2) is 43.0 Å². The van der Waals surface area contributed by atoms with Crippen LogP contribution in [0.5, 0.6) is 5.75 Å². The maximum absolute atomic E-state index is 11.3. The summed E-state index contributed by atoms with van der Waals surface area (Å²) in [5.41, 5.74) is 1.15. The van der Waals surface area contributed by atoms with Crippen LogP contribution >= 0.6 is 11.6 Å². The van der Waals surface area contributed by atoms with Crippen LogP contribution in [0.4, 0.5) is 0 Å². The highest BCUT2D eigenvalue weighted by atomic mass is 35.5. The Morgan fingerprint density at radius 2 is 1.93 bits per heavy atom. The first-order valence-corrected chi connectivity index (χ1v) is 10.7. The maximum Gasteiger partial charge on any atom is 0.225 e. The summed E-state index contributed by atoms with van der Waals surface area (Å²) in [6.45, 7) is 7.87. The van der Waals surface area contributed by atoms with Gasteiger partial charge in [-0.15, -0.1) is 0 Å². The van der Waals surface area contributed by atoms with Gasteiger partial charge in [-0.25, -0.2) is 0 Å². The van der Waals surface area contributed by atoms with Crippen molar-refractivity contribution in [1.82, 2.24) is 4.90 Å². The smallest absolute Gasteiger partial charge is 0.225 e. The number of hydrogen-bond acceptors (Lipinski definition) is 4. The molecule has 1 saturated heterocycles. The van der Waals surface area contributed by atoms with Crippen molar-refractivity contribution in [2.24, 2.45) is 5.92 Å². The summed E-state index contributed by atoms with van der Waals surface area (Å²) in [6.07, 6.45) is 7.65. The van der Waals surface area contributed by atoms with Crippen LogP contribution in [0.2, 0.25) is 0 Å². The average molecular weight is 396 g/mol. The number of carbonyl (C=O) groups is 1. The van der Waals surface area contributed by atoms with Gasteiger partial charge in [0, 0.05) is 25.6 Å². The van der Waals surface area contributed by atoms with Crippen molar-refractivity contribution in [1.29, 1.82) is 0 Å². The minimum atomic E-state index is -0.273. The normalized spacial score (nSPS) is 19.0. The molecule has 1 fully saturated rings. The molecule has 152 valence electrons. The molecule has 1 aromatic rings. The lowest BCUT2D eigenvalue weighted by Gasteiger charge is -2.34. The Kier molecular flexibility index (Phi) is 10.2. The summed E-state index contributed by atoms with van der Waals surface area (Å²) in [5, 5.41) is -0.273. The Balaban J connectivity index is 1.73.